The summed E-state index contributed by atoms with van der Waals surface area (Å²) in [5.74, 6) is 1.94. The number of carboxylic acids is 1. The molecule has 0 spiro atoms. The number of carbonyl (C=O) groups excluding carboxylic acids is 1. The van der Waals surface area contributed by atoms with Crippen molar-refractivity contribution >= 4 is 29.2 Å². The van der Waals surface area contributed by atoms with E-state index in [1.54, 1.807) is 25.1 Å². The van der Waals surface area contributed by atoms with E-state index in [-0.39, 0.29) is 17.2 Å². The normalized spacial score (nSPS) is 27.9. The van der Waals surface area contributed by atoms with Crippen LogP contribution in [-0.4, -0.2) is 23.6 Å². The Morgan fingerprint density at radius 2 is 1.66 bits per heavy atom. The molecule has 0 heterocycles. The van der Waals surface area contributed by atoms with Gasteiger partial charge in [0.1, 0.15) is 5.75 Å². The minimum absolute atomic E-state index is 0.0288. The zero-order chi connectivity index (χ0) is 22.5. The molecule has 32 heavy (non-hydrogen) atoms. The molecule has 4 aliphatic carbocycles. The third kappa shape index (κ3) is 4.11. The van der Waals surface area contributed by atoms with E-state index in [4.69, 9.17) is 16.3 Å². The molecule has 4 saturated carbocycles. The molecular formula is C26H28ClNO4. The SMILES string of the molecule is Cc1cc(Cl)cc(C(=O)O)c1NC(=O)c1ccc(OCC23CC4CC(CC(C4)C2)C3)cc1. The van der Waals surface area contributed by atoms with Crippen LogP contribution in [0.15, 0.2) is 36.4 Å². The molecule has 6 rings (SSSR count). The average Bonchev–Trinajstić information content (AvgIpc) is 2.73. The molecule has 2 aromatic rings. The third-order valence-electron chi connectivity index (χ3n) is 7.60. The van der Waals surface area contributed by atoms with Gasteiger partial charge in [-0.15, -0.1) is 0 Å². The van der Waals surface area contributed by atoms with Crippen LogP contribution in [0, 0.1) is 30.1 Å². The number of ether oxygens (including phenoxy) is 1. The zero-order valence-corrected chi connectivity index (χ0v) is 19.0. The van der Waals surface area contributed by atoms with Gasteiger partial charge in [0, 0.05) is 16.0 Å². The Balaban J connectivity index is 1.25. The van der Waals surface area contributed by atoms with Crippen molar-refractivity contribution in [2.24, 2.45) is 23.2 Å². The van der Waals surface area contributed by atoms with Crippen molar-refractivity contribution in [3.8, 4) is 5.75 Å². The van der Waals surface area contributed by atoms with Gasteiger partial charge in [0.05, 0.1) is 17.9 Å². The van der Waals surface area contributed by atoms with E-state index in [1.807, 2.05) is 12.1 Å². The van der Waals surface area contributed by atoms with Crippen molar-refractivity contribution in [2.45, 2.75) is 45.4 Å². The van der Waals surface area contributed by atoms with Crippen LogP contribution in [0.1, 0.15) is 64.8 Å². The summed E-state index contributed by atoms with van der Waals surface area (Å²) in [7, 11) is 0. The largest absolute Gasteiger partial charge is 0.493 e. The van der Waals surface area contributed by atoms with Gasteiger partial charge >= 0.3 is 5.97 Å². The first-order valence-electron chi connectivity index (χ1n) is 11.4. The Morgan fingerprint density at radius 3 is 2.22 bits per heavy atom. The summed E-state index contributed by atoms with van der Waals surface area (Å²) in [6, 6.07) is 10.1. The second kappa shape index (κ2) is 8.11. The number of aryl methyl sites for hydroxylation is 1. The van der Waals surface area contributed by atoms with Gasteiger partial charge in [-0.1, -0.05) is 11.6 Å². The molecule has 5 nitrogen and oxygen atoms in total. The van der Waals surface area contributed by atoms with E-state index in [9.17, 15) is 14.7 Å². The lowest BCUT2D eigenvalue weighted by molar-refractivity contribution is -0.0745. The number of amides is 1. The Bertz CT molecular complexity index is 1030. The van der Waals surface area contributed by atoms with Gasteiger partial charge in [0.25, 0.3) is 5.91 Å². The third-order valence-corrected chi connectivity index (χ3v) is 7.81. The lowest BCUT2D eigenvalue weighted by Crippen LogP contribution is -2.48. The first-order chi connectivity index (χ1) is 15.3. The van der Waals surface area contributed by atoms with Gasteiger partial charge in [-0.25, -0.2) is 4.79 Å². The van der Waals surface area contributed by atoms with Crippen LogP contribution in [-0.2, 0) is 0 Å². The highest BCUT2D eigenvalue weighted by atomic mass is 35.5. The molecule has 0 radical (unpaired) electrons. The van der Waals surface area contributed by atoms with Gasteiger partial charge in [0.15, 0.2) is 0 Å². The molecule has 4 aliphatic rings. The molecule has 6 heteroatoms. The van der Waals surface area contributed by atoms with E-state index < -0.39 is 5.97 Å². The molecule has 0 aromatic heterocycles. The van der Waals surface area contributed by atoms with E-state index in [2.05, 4.69) is 5.32 Å². The number of nitrogens with one attached hydrogen (secondary N) is 1. The first-order valence-corrected chi connectivity index (χ1v) is 11.8. The number of aromatic carboxylic acids is 1. The summed E-state index contributed by atoms with van der Waals surface area (Å²) in [5, 5.41) is 12.5. The number of benzene rings is 2. The molecule has 0 atom stereocenters. The maximum Gasteiger partial charge on any atom is 0.337 e. The molecule has 1 amide bonds. The van der Waals surface area contributed by atoms with Crippen molar-refractivity contribution < 1.29 is 19.4 Å². The number of hydrogen-bond acceptors (Lipinski definition) is 3. The predicted molar refractivity (Wildman–Crippen MR) is 124 cm³/mol. The Labute approximate surface area is 193 Å². The maximum absolute atomic E-state index is 12.7. The van der Waals surface area contributed by atoms with Crippen LogP contribution in [0.3, 0.4) is 0 Å². The van der Waals surface area contributed by atoms with Crippen LogP contribution < -0.4 is 10.1 Å². The van der Waals surface area contributed by atoms with Crippen molar-refractivity contribution in [3.63, 3.8) is 0 Å². The summed E-state index contributed by atoms with van der Waals surface area (Å²) >= 11 is 5.98. The van der Waals surface area contributed by atoms with Gasteiger partial charge in [-0.05, 0) is 105 Å². The summed E-state index contributed by atoms with van der Waals surface area (Å²) in [5.41, 5.74) is 1.61. The van der Waals surface area contributed by atoms with E-state index in [0.717, 1.165) is 30.1 Å². The maximum atomic E-state index is 12.7. The molecule has 4 fully saturated rings. The van der Waals surface area contributed by atoms with Crippen molar-refractivity contribution in [1.29, 1.82) is 0 Å². The molecule has 0 saturated heterocycles. The number of rotatable bonds is 6. The number of hydrogen-bond donors (Lipinski definition) is 2. The Morgan fingerprint density at radius 1 is 1.06 bits per heavy atom. The highest BCUT2D eigenvalue weighted by Gasteiger charge is 2.51. The fourth-order valence-electron chi connectivity index (χ4n) is 6.67. The summed E-state index contributed by atoms with van der Waals surface area (Å²) in [6.45, 7) is 2.48. The zero-order valence-electron chi connectivity index (χ0n) is 18.2. The van der Waals surface area contributed by atoms with Crippen molar-refractivity contribution in [3.05, 3.63) is 58.1 Å². The number of anilines is 1. The molecule has 2 aromatic carbocycles. The van der Waals surface area contributed by atoms with Crippen LogP contribution >= 0.6 is 11.6 Å². The minimum atomic E-state index is -1.14. The van der Waals surface area contributed by atoms with Crippen molar-refractivity contribution in [2.75, 3.05) is 11.9 Å². The smallest absolute Gasteiger partial charge is 0.337 e. The number of carbonyl (C=O) groups is 2. The average molecular weight is 454 g/mol. The highest BCUT2D eigenvalue weighted by molar-refractivity contribution is 6.31. The monoisotopic (exact) mass is 453 g/mol. The van der Waals surface area contributed by atoms with Gasteiger partial charge in [-0.3, -0.25) is 4.79 Å². The standard InChI is InChI=1S/C26H28ClNO4/c1-15-6-20(27)10-22(25(30)31)23(15)28-24(29)19-2-4-21(5-3-19)32-14-26-11-16-7-17(12-26)9-18(8-16)13-26/h2-6,10,16-18H,7-9,11-14H2,1H3,(H,28,29)(H,30,31). The molecule has 2 N–H and O–H groups in total. The summed E-state index contributed by atoms with van der Waals surface area (Å²) < 4.78 is 6.20. The number of carboxylic acid groups (broad SMARTS) is 1. The minimum Gasteiger partial charge on any atom is -0.493 e. The van der Waals surface area contributed by atoms with Gasteiger partial charge < -0.3 is 15.2 Å². The molecular weight excluding hydrogens is 426 g/mol. The quantitative estimate of drug-likeness (QED) is 0.546. The van der Waals surface area contributed by atoms with Crippen LogP contribution in [0.5, 0.6) is 5.75 Å². The van der Waals surface area contributed by atoms with E-state index in [0.29, 0.717) is 21.6 Å². The predicted octanol–water partition coefficient (Wildman–Crippen LogP) is 6.19. The number of halogens is 1. The summed E-state index contributed by atoms with van der Waals surface area (Å²) in [4.78, 5) is 24.3. The topological polar surface area (TPSA) is 75.6 Å². The molecule has 0 aliphatic heterocycles. The second-order valence-electron chi connectivity index (χ2n) is 10.1. The van der Waals surface area contributed by atoms with E-state index >= 15 is 0 Å². The molecule has 0 unspecified atom stereocenters. The van der Waals surface area contributed by atoms with Crippen molar-refractivity contribution in [1.82, 2.24) is 0 Å². The lowest BCUT2D eigenvalue weighted by atomic mass is 9.50. The lowest BCUT2D eigenvalue weighted by Gasteiger charge is -2.56. The van der Waals surface area contributed by atoms with Crippen LogP contribution in [0.2, 0.25) is 5.02 Å². The Kier molecular flexibility index (Phi) is 5.40. The van der Waals surface area contributed by atoms with Gasteiger partial charge in [0.2, 0.25) is 0 Å². The molecule has 4 bridgehead atoms. The Hall–Kier alpha value is -2.53. The molecule has 168 valence electrons. The second-order valence-corrected chi connectivity index (χ2v) is 10.6. The highest BCUT2D eigenvalue weighted by Crippen LogP contribution is 2.60. The van der Waals surface area contributed by atoms with Crippen LogP contribution in [0.4, 0.5) is 5.69 Å². The van der Waals surface area contributed by atoms with Crippen LogP contribution in [0.25, 0.3) is 0 Å². The van der Waals surface area contributed by atoms with E-state index in [1.165, 1.54) is 44.6 Å². The fraction of sp³-hybridized carbons (Fsp3) is 0.462. The van der Waals surface area contributed by atoms with Gasteiger partial charge in [-0.2, -0.15) is 0 Å². The fourth-order valence-corrected chi connectivity index (χ4v) is 6.94. The first kappa shape index (κ1) is 21.3. The summed E-state index contributed by atoms with van der Waals surface area (Å²) in [6.07, 6.45) is 8.14.